The molecule has 0 aliphatic rings. The Kier molecular flexibility index (Phi) is 7.06. The van der Waals surface area contributed by atoms with Crippen molar-refractivity contribution in [1.82, 2.24) is 0 Å². The number of hydrogen-bond donors (Lipinski definition) is 0. The standard InChI is InChI=1S/C13H17N/c1-5-9-12(10-6-2)13(11-7-3)14-8-4/h5-11H,1,3H2,2,4H3/b10-6-,12-9-,13-11+,14-8-. The molecule has 0 saturated carbocycles. The molecule has 0 amide bonds. The van der Waals surface area contributed by atoms with Crippen molar-refractivity contribution in [1.29, 1.82) is 0 Å². The maximum Gasteiger partial charge on any atom is 0.0697 e. The van der Waals surface area contributed by atoms with Gasteiger partial charge in [0.1, 0.15) is 0 Å². The third kappa shape index (κ3) is 4.41. The van der Waals surface area contributed by atoms with Gasteiger partial charge in [0.15, 0.2) is 0 Å². The molecule has 1 heteroatoms. The summed E-state index contributed by atoms with van der Waals surface area (Å²) in [5.74, 6) is 0. The normalized spacial score (nSPS) is 13.9. The van der Waals surface area contributed by atoms with Crippen LogP contribution in [-0.4, -0.2) is 6.21 Å². The van der Waals surface area contributed by atoms with E-state index in [9.17, 15) is 0 Å². The van der Waals surface area contributed by atoms with E-state index in [1.807, 2.05) is 38.2 Å². The van der Waals surface area contributed by atoms with E-state index in [1.165, 1.54) is 0 Å². The van der Waals surface area contributed by atoms with Crippen molar-refractivity contribution in [2.75, 3.05) is 0 Å². The van der Waals surface area contributed by atoms with Gasteiger partial charge in [0.2, 0.25) is 0 Å². The van der Waals surface area contributed by atoms with Crippen LogP contribution in [0.2, 0.25) is 0 Å². The van der Waals surface area contributed by atoms with Gasteiger partial charge in [-0.3, -0.25) is 4.99 Å². The molecule has 0 saturated heterocycles. The zero-order valence-corrected chi connectivity index (χ0v) is 8.90. The summed E-state index contributed by atoms with van der Waals surface area (Å²) in [6, 6.07) is 0. The highest BCUT2D eigenvalue weighted by molar-refractivity contribution is 5.58. The lowest BCUT2D eigenvalue weighted by atomic mass is 10.1. The lowest BCUT2D eigenvalue weighted by molar-refractivity contribution is 1.34. The van der Waals surface area contributed by atoms with Crippen molar-refractivity contribution in [3.63, 3.8) is 0 Å². The molecule has 0 unspecified atom stereocenters. The van der Waals surface area contributed by atoms with Gasteiger partial charge in [-0.1, -0.05) is 43.5 Å². The molecule has 0 atom stereocenters. The Bertz CT molecular complexity index is 269. The first-order valence-corrected chi connectivity index (χ1v) is 4.57. The fourth-order valence-electron chi connectivity index (χ4n) is 0.997. The molecule has 0 aliphatic carbocycles. The van der Waals surface area contributed by atoms with Crippen LogP contribution in [0.4, 0.5) is 0 Å². The SMILES string of the molecule is C=C/C=C(/C=C\C)C(=C/C=C)\N=C/C. The molecule has 0 fully saturated rings. The van der Waals surface area contributed by atoms with Crippen LogP contribution in [0.15, 0.2) is 65.9 Å². The first-order chi connectivity index (χ1) is 6.79. The molecule has 0 aromatic rings. The summed E-state index contributed by atoms with van der Waals surface area (Å²) >= 11 is 0. The molecule has 74 valence electrons. The van der Waals surface area contributed by atoms with Crippen LogP contribution in [0.25, 0.3) is 0 Å². The molecule has 0 heterocycles. The Labute approximate surface area is 86.6 Å². The first kappa shape index (κ1) is 12.4. The summed E-state index contributed by atoms with van der Waals surface area (Å²) in [7, 11) is 0. The van der Waals surface area contributed by atoms with Crippen molar-refractivity contribution < 1.29 is 0 Å². The number of rotatable bonds is 5. The van der Waals surface area contributed by atoms with Crippen LogP contribution in [0.1, 0.15) is 13.8 Å². The Hall–Kier alpha value is -1.63. The van der Waals surface area contributed by atoms with Crippen molar-refractivity contribution >= 4 is 6.21 Å². The van der Waals surface area contributed by atoms with Crippen LogP contribution >= 0.6 is 0 Å². The predicted molar refractivity (Wildman–Crippen MR) is 65.5 cm³/mol. The largest absolute Gasteiger partial charge is 0.261 e. The highest BCUT2D eigenvalue weighted by atomic mass is 14.7. The number of hydrogen-bond acceptors (Lipinski definition) is 1. The smallest absolute Gasteiger partial charge is 0.0697 e. The minimum atomic E-state index is 0.889. The second-order valence-corrected chi connectivity index (χ2v) is 2.53. The fraction of sp³-hybridized carbons (Fsp3) is 0.154. The Morgan fingerprint density at radius 2 is 1.71 bits per heavy atom. The third-order valence-corrected chi connectivity index (χ3v) is 1.48. The zero-order valence-electron chi connectivity index (χ0n) is 8.90. The van der Waals surface area contributed by atoms with Crippen molar-refractivity contribution in [3.8, 4) is 0 Å². The highest BCUT2D eigenvalue weighted by Crippen LogP contribution is 2.13. The fourth-order valence-corrected chi connectivity index (χ4v) is 0.997. The molecule has 0 rings (SSSR count). The van der Waals surface area contributed by atoms with E-state index in [2.05, 4.69) is 18.2 Å². The molecule has 0 N–H and O–H groups in total. The summed E-state index contributed by atoms with van der Waals surface area (Å²) in [4.78, 5) is 4.25. The molecule has 0 radical (unpaired) electrons. The molecular formula is C13H17N. The van der Waals surface area contributed by atoms with E-state index in [1.54, 1.807) is 18.4 Å². The van der Waals surface area contributed by atoms with Gasteiger partial charge in [0, 0.05) is 6.21 Å². The molecule has 0 bridgehead atoms. The second kappa shape index (κ2) is 7.99. The van der Waals surface area contributed by atoms with Crippen molar-refractivity contribution in [2.24, 2.45) is 4.99 Å². The lowest BCUT2D eigenvalue weighted by Crippen LogP contribution is -1.83. The topological polar surface area (TPSA) is 12.4 Å². The zero-order chi connectivity index (χ0) is 10.8. The van der Waals surface area contributed by atoms with Gasteiger partial charge >= 0.3 is 0 Å². The van der Waals surface area contributed by atoms with E-state index in [0.29, 0.717) is 0 Å². The van der Waals surface area contributed by atoms with Crippen LogP contribution in [0.3, 0.4) is 0 Å². The van der Waals surface area contributed by atoms with Gasteiger partial charge in [-0.2, -0.15) is 0 Å². The molecule has 0 aromatic heterocycles. The van der Waals surface area contributed by atoms with Crippen LogP contribution in [-0.2, 0) is 0 Å². The van der Waals surface area contributed by atoms with E-state index in [0.717, 1.165) is 11.3 Å². The lowest BCUT2D eigenvalue weighted by Gasteiger charge is -2.00. The summed E-state index contributed by atoms with van der Waals surface area (Å²) in [6.07, 6.45) is 13.0. The average molecular weight is 187 g/mol. The maximum atomic E-state index is 4.25. The number of aliphatic imine (C=N–C) groups is 1. The van der Waals surface area contributed by atoms with E-state index in [-0.39, 0.29) is 0 Å². The highest BCUT2D eigenvalue weighted by Gasteiger charge is 1.96. The monoisotopic (exact) mass is 187 g/mol. The van der Waals surface area contributed by atoms with E-state index >= 15 is 0 Å². The molecule has 14 heavy (non-hydrogen) atoms. The summed E-state index contributed by atoms with van der Waals surface area (Å²) < 4.78 is 0. The quantitative estimate of drug-likeness (QED) is 0.458. The van der Waals surface area contributed by atoms with Crippen molar-refractivity contribution in [2.45, 2.75) is 13.8 Å². The number of nitrogens with zero attached hydrogens (tertiary/aromatic N) is 1. The van der Waals surface area contributed by atoms with Crippen LogP contribution in [0.5, 0.6) is 0 Å². The Balaban J connectivity index is 5.12. The predicted octanol–water partition coefficient (Wildman–Crippen LogP) is 3.84. The van der Waals surface area contributed by atoms with Gasteiger partial charge in [-0.25, -0.2) is 0 Å². The Morgan fingerprint density at radius 1 is 1.07 bits per heavy atom. The molecule has 0 aliphatic heterocycles. The second-order valence-electron chi connectivity index (χ2n) is 2.53. The molecule has 0 aromatic carbocycles. The first-order valence-electron chi connectivity index (χ1n) is 4.57. The van der Waals surface area contributed by atoms with E-state index in [4.69, 9.17) is 0 Å². The van der Waals surface area contributed by atoms with Gasteiger partial charge in [-0.15, -0.1) is 0 Å². The summed E-state index contributed by atoms with van der Waals surface area (Å²) in [5.41, 5.74) is 1.92. The minimum Gasteiger partial charge on any atom is -0.261 e. The third-order valence-electron chi connectivity index (χ3n) is 1.48. The molecule has 1 nitrogen and oxygen atoms in total. The molecular weight excluding hydrogens is 170 g/mol. The molecule has 0 spiro atoms. The van der Waals surface area contributed by atoms with Gasteiger partial charge in [0.25, 0.3) is 0 Å². The Morgan fingerprint density at radius 3 is 2.14 bits per heavy atom. The summed E-state index contributed by atoms with van der Waals surface area (Å²) in [5, 5.41) is 0. The minimum absolute atomic E-state index is 0.889. The van der Waals surface area contributed by atoms with Gasteiger partial charge in [0.05, 0.1) is 5.70 Å². The van der Waals surface area contributed by atoms with Crippen molar-refractivity contribution in [3.05, 3.63) is 60.9 Å². The average Bonchev–Trinajstić information content (AvgIpc) is 2.17. The van der Waals surface area contributed by atoms with Crippen LogP contribution in [0, 0.1) is 0 Å². The van der Waals surface area contributed by atoms with Gasteiger partial charge < -0.3 is 0 Å². The maximum absolute atomic E-state index is 4.25. The summed E-state index contributed by atoms with van der Waals surface area (Å²) in [6.45, 7) is 11.2. The van der Waals surface area contributed by atoms with Crippen LogP contribution < -0.4 is 0 Å². The van der Waals surface area contributed by atoms with Gasteiger partial charge in [-0.05, 0) is 25.5 Å². The number of allylic oxidation sites excluding steroid dienone is 6. The van der Waals surface area contributed by atoms with E-state index < -0.39 is 0 Å².